The summed E-state index contributed by atoms with van der Waals surface area (Å²) in [6.45, 7) is -0.913. The van der Waals surface area contributed by atoms with Crippen LogP contribution in [0.15, 0.2) is 24.3 Å². The number of aliphatic hydroxyl groups excluding tert-OH is 1. The molecule has 0 spiro atoms. The van der Waals surface area contributed by atoms with Gasteiger partial charge in [0, 0.05) is 29.9 Å². The minimum absolute atomic E-state index is 0.0915. The lowest BCUT2D eigenvalue weighted by molar-refractivity contribution is -0.136. The Bertz CT molecular complexity index is 1420. The van der Waals surface area contributed by atoms with E-state index >= 15 is 0 Å². The summed E-state index contributed by atoms with van der Waals surface area (Å²) in [7, 11) is -3.24. The third-order valence-electron chi connectivity index (χ3n) is 8.67. The lowest BCUT2D eigenvalue weighted by atomic mass is 9.92. The molecule has 3 fully saturated rings. The summed E-state index contributed by atoms with van der Waals surface area (Å²) < 4.78 is 20.9. The zero-order valence-electron chi connectivity index (χ0n) is 23.1. The molecule has 3 aliphatic rings. The molecule has 1 saturated carbocycles. The molecule has 0 bridgehead atoms. The second-order valence-electron chi connectivity index (χ2n) is 11.1. The molecule has 5 rings (SSSR count). The van der Waals surface area contributed by atoms with Gasteiger partial charge in [-0.15, -0.1) is 0 Å². The summed E-state index contributed by atoms with van der Waals surface area (Å²) in [5.74, 6) is -2.11. The zero-order chi connectivity index (χ0) is 30.2. The number of ether oxygens (including phenoxy) is 1. The molecular weight excluding hydrogens is 571 g/mol. The van der Waals surface area contributed by atoms with E-state index in [-0.39, 0.29) is 37.1 Å². The molecule has 2 saturated heterocycles. The highest BCUT2D eigenvalue weighted by Gasteiger charge is 2.50. The number of benzene rings is 1. The highest BCUT2D eigenvalue weighted by atomic mass is 31.2. The predicted octanol–water partition coefficient (Wildman–Crippen LogP) is 0.769. The highest BCUT2D eigenvalue weighted by molar-refractivity contribution is 7.46. The largest absolute Gasteiger partial charge is 0.496 e. The zero-order valence-corrected chi connectivity index (χ0v) is 24.0. The minimum Gasteiger partial charge on any atom is -0.496 e. The Morgan fingerprint density at radius 3 is 2.71 bits per heavy atom. The summed E-state index contributed by atoms with van der Waals surface area (Å²) >= 11 is 0. The van der Waals surface area contributed by atoms with Crippen molar-refractivity contribution >= 4 is 42.2 Å². The number of H-pyrrole nitrogens is 1. The summed E-state index contributed by atoms with van der Waals surface area (Å²) in [6, 6.07) is 5.10. The number of Topliss-reactive ketones (excluding diaryl/α,β-unsaturated/α-hetero) is 1. The Kier molecular flexibility index (Phi) is 8.72. The van der Waals surface area contributed by atoms with Gasteiger partial charge in [-0.1, -0.05) is 12.5 Å². The number of hydrogen-bond donors (Lipinski definition) is 5. The number of hydrogen-bond acceptors (Lipinski definition) is 8. The van der Waals surface area contributed by atoms with Gasteiger partial charge in [0.1, 0.15) is 30.8 Å². The second-order valence-corrected chi connectivity index (χ2v) is 12.4. The van der Waals surface area contributed by atoms with Crippen molar-refractivity contribution in [1.29, 1.82) is 0 Å². The number of methoxy groups -OCH3 is 1. The average molecular weight is 607 g/mol. The number of nitrogens with one attached hydrogen (secondary N) is 2. The van der Waals surface area contributed by atoms with E-state index in [4.69, 9.17) is 14.5 Å². The van der Waals surface area contributed by atoms with Crippen molar-refractivity contribution in [1.82, 2.24) is 20.1 Å². The number of likely N-dealkylation sites (tertiary alicyclic amines) is 2. The van der Waals surface area contributed by atoms with E-state index in [1.54, 1.807) is 30.2 Å². The first kappa shape index (κ1) is 30.2. The molecule has 5 atom stereocenters. The van der Waals surface area contributed by atoms with Crippen LogP contribution in [0.4, 0.5) is 0 Å². The van der Waals surface area contributed by atoms with Crippen LogP contribution in [0.1, 0.15) is 42.6 Å². The first-order valence-electron chi connectivity index (χ1n) is 13.9. The predicted molar refractivity (Wildman–Crippen MR) is 147 cm³/mol. The maximum Gasteiger partial charge on any atom is 0.471 e. The molecule has 5 unspecified atom stereocenters. The number of carbonyl (C=O) groups excluding carboxylic acids is 4. The third-order valence-corrected chi connectivity index (χ3v) is 9.12. The van der Waals surface area contributed by atoms with Gasteiger partial charge in [0.25, 0.3) is 5.91 Å². The number of phosphoric ester groups is 1. The Labute approximate surface area is 241 Å². The van der Waals surface area contributed by atoms with Gasteiger partial charge >= 0.3 is 7.82 Å². The molecule has 5 N–H and O–H groups in total. The van der Waals surface area contributed by atoms with Crippen LogP contribution in [0, 0.1) is 17.8 Å². The lowest BCUT2D eigenvalue weighted by Gasteiger charge is -2.29. The summed E-state index contributed by atoms with van der Waals surface area (Å²) in [5.41, 5.74) is 1.03. The highest BCUT2D eigenvalue weighted by Crippen LogP contribution is 2.43. The number of ketones is 1. The van der Waals surface area contributed by atoms with Crippen LogP contribution in [0.3, 0.4) is 0 Å². The normalized spacial score (nSPS) is 24.7. The van der Waals surface area contributed by atoms with E-state index in [9.17, 15) is 28.8 Å². The molecule has 1 aliphatic carbocycles. The van der Waals surface area contributed by atoms with Crippen LogP contribution in [-0.2, 0) is 23.5 Å². The van der Waals surface area contributed by atoms with Crippen LogP contribution in [0.25, 0.3) is 10.9 Å². The molecule has 42 heavy (non-hydrogen) atoms. The van der Waals surface area contributed by atoms with Crippen LogP contribution >= 0.6 is 7.82 Å². The van der Waals surface area contributed by atoms with Crippen molar-refractivity contribution in [3.8, 4) is 5.75 Å². The van der Waals surface area contributed by atoms with Crippen LogP contribution in [0.2, 0.25) is 0 Å². The summed E-state index contributed by atoms with van der Waals surface area (Å²) in [6.07, 6.45) is 2.72. The molecule has 2 aromatic rings. The fourth-order valence-corrected chi connectivity index (χ4v) is 6.93. The Balaban J connectivity index is 1.33. The van der Waals surface area contributed by atoms with Crippen LogP contribution in [-0.4, -0.2) is 98.8 Å². The van der Waals surface area contributed by atoms with E-state index in [0.717, 1.165) is 29.5 Å². The average Bonchev–Trinajstić information content (AvgIpc) is 3.73. The molecule has 0 radical (unpaired) electrons. The number of amides is 3. The Morgan fingerprint density at radius 2 is 2.00 bits per heavy atom. The van der Waals surface area contributed by atoms with Crippen molar-refractivity contribution in [3.63, 3.8) is 0 Å². The van der Waals surface area contributed by atoms with Gasteiger partial charge < -0.3 is 39.7 Å². The molecule has 3 heterocycles. The minimum atomic E-state index is -4.78. The molecule has 1 aromatic heterocycles. The first-order chi connectivity index (χ1) is 20.0. The van der Waals surface area contributed by atoms with Gasteiger partial charge in [0.15, 0.2) is 5.78 Å². The molecule has 3 amide bonds. The number of fused-ring (bicyclic) bond motifs is 2. The van der Waals surface area contributed by atoms with E-state index < -0.39 is 56.8 Å². The number of aromatic amines is 1. The monoisotopic (exact) mass is 606 g/mol. The summed E-state index contributed by atoms with van der Waals surface area (Å²) in [4.78, 5) is 76.8. The van der Waals surface area contributed by atoms with Crippen molar-refractivity contribution in [2.45, 2.75) is 44.2 Å². The van der Waals surface area contributed by atoms with E-state index in [0.29, 0.717) is 23.5 Å². The topological polar surface area (TPSA) is 199 Å². The lowest BCUT2D eigenvalue weighted by Crippen LogP contribution is -2.53. The molecule has 14 nitrogen and oxygen atoms in total. The van der Waals surface area contributed by atoms with Gasteiger partial charge in [-0.05, 0) is 55.7 Å². The SMILES string of the molecule is COc1cccc2[nH]c(C(=O)N3CC4CCCC4C3C(=O)NC(CC3CCN(COP(=O)(O)O)C3=O)C(=O)CO)cc12. The Hall–Kier alpha value is -3.29. The molecule has 15 heteroatoms. The maximum absolute atomic E-state index is 13.8. The number of carbonyl (C=O) groups is 4. The molecule has 2 aliphatic heterocycles. The first-order valence-corrected chi connectivity index (χ1v) is 15.4. The van der Waals surface area contributed by atoms with Crippen molar-refractivity contribution in [2.24, 2.45) is 17.8 Å². The number of aromatic nitrogens is 1. The van der Waals surface area contributed by atoms with Gasteiger partial charge in [-0.3, -0.25) is 23.7 Å². The Morgan fingerprint density at radius 1 is 1.21 bits per heavy atom. The van der Waals surface area contributed by atoms with Crippen molar-refractivity contribution in [3.05, 3.63) is 30.0 Å². The fraction of sp³-hybridized carbons (Fsp3) is 0.556. The second kappa shape index (κ2) is 12.1. The number of nitrogens with zero attached hydrogens (tertiary/aromatic N) is 2. The van der Waals surface area contributed by atoms with Gasteiger partial charge in [0.05, 0.1) is 13.2 Å². The number of phosphoric acid groups is 1. The van der Waals surface area contributed by atoms with Crippen molar-refractivity contribution in [2.75, 3.05) is 33.5 Å². The maximum atomic E-state index is 13.8. The van der Waals surface area contributed by atoms with Gasteiger partial charge in [-0.25, -0.2) is 4.57 Å². The van der Waals surface area contributed by atoms with Gasteiger partial charge in [-0.2, -0.15) is 0 Å². The van der Waals surface area contributed by atoms with Crippen LogP contribution in [0.5, 0.6) is 5.75 Å². The van der Waals surface area contributed by atoms with E-state index in [1.807, 2.05) is 6.07 Å². The summed E-state index contributed by atoms with van der Waals surface area (Å²) in [5, 5.41) is 13.1. The third kappa shape index (κ3) is 6.09. The molecule has 1 aromatic carbocycles. The smallest absolute Gasteiger partial charge is 0.471 e. The van der Waals surface area contributed by atoms with Crippen molar-refractivity contribution < 1.29 is 47.9 Å². The quantitative estimate of drug-likeness (QED) is 0.228. The number of rotatable bonds is 11. The van der Waals surface area contributed by atoms with Crippen LogP contribution < -0.4 is 10.1 Å². The van der Waals surface area contributed by atoms with Gasteiger partial charge in [0.2, 0.25) is 11.8 Å². The number of aliphatic hydroxyl groups is 1. The standard InChI is InChI=1S/C27H35N4O10P/c1-40-23-7-3-6-19-18(23)11-21(28-19)27(36)31-12-16-4-2-5-17(16)24(31)25(34)29-20(22(33)13-32)10-15-8-9-30(26(15)35)14-41-42(37,38)39/h3,6-7,11,15-17,20,24,28,32H,2,4-5,8-10,12-14H2,1H3,(H,29,34)(H2,37,38,39). The van der Waals surface area contributed by atoms with E-state index in [1.165, 1.54) is 0 Å². The fourth-order valence-electron chi connectivity index (χ4n) is 6.64. The molecule has 228 valence electrons. The van der Waals surface area contributed by atoms with E-state index in [2.05, 4.69) is 14.8 Å². The molecular formula is C27H35N4O10P.